The molecule has 1 N–H and O–H groups in total. The Balaban J connectivity index is 1.87. The number of carbonyl (C=O) groups is 1. The number of benzene rings is 2. The summed E-state index contributed by atoms with van der Waals surface area (Å²) in [5.74, 6) is 0.422. The number of aromatic nitrogens is 1. The molecule has 1 heterocycles. The number of nitriles is 1. The molecular formula is C25H22BrCl2N3O3. The average molecular weight is 563 g/mol. The number of halogens is 3. The maximum atomic E-state index is 12.7. The summed E-state index contributed by atoms with van der Waals surface area (Å²) in [6.07, 6.45) is 1.50. The van der Waals surface area contributed by atoms with Gasteiger partial charge in [0.25, 0.3) is 5.91 Å². The first kappa shape index (κ1) is 25.7. The molecule has 0 fully saturated rings. The summed E-state index contributed by atoms with van der Waals surface area (Å²) in [6, 6.07) is 14.4. The molecule has 9 heteroatoms. The Kier molecular flexibility index (Phi) is 8.67. The molecule has 1 aromatic heterocycles. The van der Waals surface area contributed by atoms with Crippen LogP contribution >= 0.6 is 39.1 Å². The molecule has 3 aromatic rings. The van der Waals surface area contributed by atoms with Gasteiger partial charge in [-0.25, -0.2) is 0 Å². The zero-order valence-corrected chi connectivity index (χ0v) is 21.9. The Morgan fingerprint density at radius 2 is 1.85 bits per heavy atom. The van der Waals surface area contributed by atoms with Gasteiger partial charge in [-0.15, -0.1) is 0 Å². The van der Waals surface area contributed by atoms with E-state index in [2.05, 4.69) is 21.4 Å². The molecule has 2 aromatic carbocycles. The summed E-state index contributed by atoms with van der Waals surface area (Å²) < 4.78 is 14.0. The number of hydrogen-bond acceptors (Lipinski definition) is 4. The smallest absolute Gasteiger partial charge is 0.280 e. The fraction of sp³-hybridized carbons (Fsp3) is 0.200. The second-order valence-corrected chi connectivity index (χ2v) is 9.05. The minimum Gasteiger partial charge on any atom is -0.490 e. The molecule has 0 saturated carbocycles. The monoisotopic (exact) mass is 561 g/mol. The highest BCUT2D eigenvalue weighted by molar-refractivity contribution is 9.10. The zero-order valence-electron chi connectivity index (χ0n) is 18.8. The van der Waals surface area contributed by atoms with E-state index in [1.54, 1.807) is 35.0 Å². The fourth-order valence-corrected chi connectivity index (χ4v) is 4.22. The van der Waals surface area contributed by atoms with E-state index in [1.165, 1.54) is 6.08 Å². The van der Waals surface area contributed by atoms with Crippen LogP contribution in [0.5, 0.6) is 11.5 Å². The van der Waals surface area contributed by atoms with Gasteiger partial charge in [-0.05, 0) is 84.7 Å². The Morgan fingerprint density at radius 3 is 2.47 bits per heavy atom. The second-order valence-electron chi connectivity index (χ2n) is 7.35. The Bertz CT molecular complexity index is 1280. The van der Waals surface area contributed by atoms with Crippen molar-refractivity contribution in [3.05, 3.63) is 85.1 Å². The first-order valence-electron chi connectivity index (χ1n) is 10.3. The number of nitrogens with one attached hydrogen (secondary N) is 1. The van der Waals surface area contributed by atoms with E-state index in [0.717, 1.165) is 17.0 Å². The lowest BCUT2D eigenvalue weighted by molar-refractivity contribution is -0.113. The summed E-state index contributed by atoms with van der Waals surface area (Å²) in [7, 11) is 0. The van der Waals surface area contributed by atoms with Crippen LogP contribution in [-0.2, 0) is 11.4 Å². The maximum Gasteiger partial charge on any atom is 0.280 e. The van der Waals surface area contributed by atoms with E-state index in [-0.39, 0.29) is 12.2 Å². The van der Waals surface area contributed by atoms with Crippen LogP contribution in [0.2, 0.25) is 10.0 Å². The van der Waals surface area contributed by atoms with Gasteiger partial charge in [0.05, 0.1) is 11.1 Å². The predicted molar refractivity (Wildman–Crippen MR) is 138 cm³/mol. The van der Waals surface area contributed by atoms with Crippen molar-refractivity contribution >= 4 is 51.1 Å². The summed E-state index contributed by atoms with van der Waals surface area (Å²) in [4.78, 5) is 12.7. The van der Waals surface area contributed by atoms with Crippen LogP contribution in [0.4, 0.5) is 0 Å². The van der Waals surface area contributed by atoms with Gasteiger partial charge in [0, 0.05) is 27.0 Å². The molecule has 1 amide bonds. The number of carbonyl (C=O) groups excluding carboxylic acids is 1. The molecule has 0 spiro atoms. The predicted octanol–water partition coefficient (Wildman–Crippen LogP) is 6.83. The number of ether oxygens (including phenoxy) is 2. The quantitative estimate of drug-likeness (QED) is 0.241. The molecule has 0 aliphatic heterocycles. The Hall–Kier alpha value is -2.92. The number of nitrogens with zero attached hydrogens (tertiary/aromatic N) is 2. The van der Waals surface area contributed by atoms with Crippen molar-refractivity contribution in [3.63, 3.8) is 0 Å². The molecule has 34 heavy (non-hydrogen) atoms. The van der Waals surface area contributed by atoms with E-state index in [4.69, 9.17) is 32.7 Å². The fourth-order valence-electron chi connectivity index (χ4n) is 3.18. The largest absolute Gasteiger partial charge is 0.490 e. The molecule has 0 unspecified atom stereocenters. The highest BCUT2D eigenvalue weighted by Gasteiger charge is 2.16. The van der Waals surface area contributed by atoms with Crippen LogP contribution < -0.4 is 14.9 Å². The highest BCUT2D eigenvalue weighted by Crippen LogP contribution is 2.38. The summed E-state index contributed by atoms with van der Waals surface area (Å²) >= 11 is 15.7. The van der Waals surface area contributed by atoms with Gasteiger partial charge >= 0.3 is 0 Å². The van der Waals surface area contributed by atoms with E-state index in [9.17, 15) is 10.1 Å². The van der Waals surface area contributed by atoms with Gasteiger partial charge < -0.3 is 9.47 Å². The van der Waals surface area contributed by atoms with Crippen molar-refractivity contribution < 1.29 is 14.3 Å². The minimum absolute atomic E-state index is 0.0523. The molecule has 3 rings (SSSR count). The SMILES string of the molecule is CCOc1cc(/C=C(/C#N)C(=O)Nn2c(C)ccc2C)cc(Br)c1OCc1ccc(Cl)cc1Cl. The molecular weight excluding hydrogens is 541 g/mol. The Labute approximate surface area is 216 Å². The second kappa shape index (κ2) is 11.5. The van der Waals surface area contributed by atoms with Crippen LogP contribution in [0, 0.1) is 25.2 Å². The molecule has 176 valence electrons. The van der Waals surface area contributed by atoms with E-state index in [0.29, 0.717) is 38.2 Å². The third kappa shape index (κ3) is 6.15. The molecule has 6 nitrogen and oxygen atoms in total. The topological polar surface area (TPSA) is 76.3 Å². The Morgan fingerprint density at radius 1 is 1.15 bits per heavy atom. The number of amides is 1. The van der Waals surface area contributed by atoms with Crippen LogP contribution in [0.3, 0.4) is 0 Å². The number of rotatable bonds is 8. The molecule has 0 atom stereocenters. The lowest BCUT2D eigenvalue weighted by atomic mass is 10.1. The molecule has 0 bridgehead atoms. The van der Waals surface area contributed by atoms with Crippen LogP contribution in [0.1, 0.15) is 29.4 Å². The maximum absolute atomic E-state index is 12.7. The van der Waals surface area contributed by atoms with Crippen molar-refractivity contribution in [2.75, 3.05) is 12.0 Å². The van der Waals surface area contributed by atoms with Gasteiger partial charge in [0.2, 0.25) is 0 Å². The normalized spacial score (nSPS) is 11.1. The lowest BCUT2D eigenvalue weighted by Crippen LogP contribution is -2.25. The van der Waals surface area contributed by atoms with Crippen molar-refractivity contribution in [1.82, 2.24) is 4.68 Å². The van der Waals surface area contributed by atoms with Crippen molar-refractivity contribution in [2.24, 2.45) is 0 Å². The van der Waals surface area contributed by atoms with Crippen molar-refractivity contribution in [3.8, 4) is 17.6 Å². The lowest BCUT2D eigenvalue weighted by Gasteiger charge is -2.15. The molecule has 0 radical (unpaired) electrons. The van der Waals surface area contributed by atoms with Crippen molar-refractivity contribution in [1.29, 1.82) is 5.26 Å². The first-order valence-corrected chi connectivity index (χ1v) is 11.9. The standard InChI is InChI=1S/C25H22BrCl2N3O3/c1-4-33-23-11-17(9-19(13-29)25(32)30-31-15(2)5-6-16(31)3)10-21(26)24(23)34-14-18-7-8-20(27)12-22(18)28/h5-12H,4,14H2,1-3H3,(H,30,32)/b19-9-. The highest BCUT2D eigenvalue weighted by atomic mass is 79.9. The van der Waals surface area contributed by atoms with E-state index >= 15 is 0 Å². The van der Waals surface area contributed by atoms with Gasteiger partial charge in [0.1, 0.15) is 18.2 Å². The third-order valence-corrected chi connectivity index (χ3v) is 6.06. The van der Waals surface area contributed by atoms with Gasteiger partial charge in [-0.1, -0.05) is 29.3 Å². The van der Waals surface area contributed by atoms with E-state index in [1.807, 2.05) is 39.0 Å². The van der Waals surface area contributed by atoms with Gasteiger partial charge in [-0.3, -0.25) is 14.9 Å². The molecule has 0 aliphatic carbocycles. The number of hydrogen-bond donors (Lipinski definition) is 1. The van der Waals surface area contributed by atoms with Gasteiger partial charge in [-0.2, -0.15) is 5.26 Å². The average Bonchev–Trinajstić information content (AvgIpc) is 3.10. The van der Waals surface area contributed by atoms with Crippen LogP contribution in [-0.4, -0.2) is 17.2 Å². The van der Waals surface area contributed by atoms with E-state index < -0.39 is 5.91 Å². The third-order valence-electron chi connectivity index (χ3n) is 4.88. The summed E-state index contributed by atoms with van der Waals surface area (Å²) in [5.41, 5.74) is 5.76. The van der Waals surface area contributed by atoms with Crippen molar-refractivity contribution in [2.45, 2.75) is 27.4 Å². The zero-order chi connectivity index (χ0) is 24.8. The van der Waals surface area contributed by atoms with Gasteiger partial charge in [0.15, 0.2) is 11.5 Å². The summed E-state index contributed by atoms with van der Waals surface area (Å²) in [5, 5.41) is 10.6. The van der Waals surface area contributed by atoms with Crippen LogP contribution in [0.25, 0.3) is 6.08 Å². The van der Waals surface area contributed by atoms with Crippen LogP contribution in [0.15, 0.2) is 52.5 Å². The summed E-state index contributed by atoms with van der Waals surface area (Å²) in [6.45, 7) is 6.18. The molecule has 0 saturated heterocycles. The first-order chi connectivity index (χ1) is 16.2. The number of aryl methyl sites for hydroxylation is 2. The molecule has 0 aliphatic rings. The minimum atomic E-state index is -0.517.